The Morgan fingerprint density at radius 2 is 1.97 bits per heavy atom. The summed E-state index contributed by atoms with van der Waals surface area (Å²) < 4.78 is 11.6. The maximum Gasteiger partial charge on any atom is 0.226 e. The van der Waals surface area contributed by atoms with Crippen molar-refractivity contribution in [3.05, 3.63) is 77.7 Å². The zero-order chi connectivity index (χ0) is 22.2. The molecule has 2 heterocycles. The molecule has 0 spiro atoms. The average Bonchev–Trinajstić information content (AvgIpc) is 3.48. The van der Waals surface area contributed by atoms with E-state index in [1.54, 1.807) is 6.26 Å². The van der Waals surface area contributed by atoms with Crippen molar-refractivity contribution in [2.45, 2.75) is 26.4 Å². The molecule has 1 atom stereocenters. The summed E-state index contributed by atoms with van der Waals surface area (Å²) in [5, 5.41) is 3.47. The third-order valence-corrected chi connectivity index (χ3v) is 5.78. The summed E-state index contributed by atoms with van der Waals surface area (Å²) in [5.41, 5.74) is 4.39. The van der Waals surface area contributed by atoms with Crippen molar-refractivity contribution in [1.29, 1.82) is 0 Å². The number of rotatable bonds is 8. The topological polar surface area (TPSA) is 62.9 Å². The lowest BCUT2D eigenvalue weighted by molar-refractivity contribution is 0.0907. The van der Waals surface area contributed by atoms with Crippen LogP contribution in [0.1, 0.15) is 23.2 Å². The van der Waals surface area contributed by atoms with Gasteiger partial charge in [0.15, 0.2) is 5.96 Å². The molecule has 176 valence electrons. The average molecular weight is 560 g/mol. The highest BCUT2D eigenvalue weighted by atomic mass is 127. The Bertz CT molecular complexity index is 1000. The van der Waals surface area contributed by atoms with Crippen molar-refractivity contribution < 1.29 is 9.15 Å². The van der Waals surface area contributed by atoms with Gasteiger partial charge in [0.05, 0.1) is 18.9 Å². The standard InChI is InChI=1S/C26H32N4O2.HI/c1-20-8-10-23(11-9-20)25-29-24(19-32-25)12-14-28-26(27-2)30-15-13-22(16-30)18-31-17-21-6-4-3-5-7-21;/h3-11,19,22H,12-18H2,1-2H3,(H,27,28);1H. The van der Waals surface area contributed by atoms with Crippen LogP contribution in [0.2, 0.25) is 0 Å². The zero-order valence-electron chi connectivity index (χ0n) is 19.4. The van der Waals surface area contributed by atoms with E-state index in [1.807, 2.05) is 37.4 Å². The minimum atomic E-state index is 0. The normalized spacial score (nSPS) is 16.0. The van der Waals surface area contributed by atoms with E-state index in [0.29, 0.717) is 18.4 Å². The lowest BCUT2D eigenvalue weighted by Gasteiger charge is -2.21. The van der Waals surface area contributed by atoms with E-state index in [0.717, 1.165) is 56.3 Å². The van der Waals surface area contributed by atoms with Gasteiger partial charge in [0.25, 0.3) is 0 Å². The van der Waals surface area contributed by atoms with Gasteiger partial charge in [0.1, 0.15) is 6.26 Å². The number of guanidine groups is 1. The van der Waals surface area contributed by atoms with Crippen LogP contribution in [-0.4, -0.2) is 49.1 Å². The van der Waals surface area contributed by atoms with Gasteiger partial charge in [-0.2, -0.15) is 0 Å². The predicted molar refractivity (Wildman–Crippen MR) is 143 cm³/mol. The van der Waals surface area contributed by atoms with Crippen LogP contribution >= 0.6 is 24.0 Å². The highest BCUT2D eigenvalue weighted by molar-refractivity contribution is 14.0. The Kier molecular flexibility index (Phi) is 9.75. The molecule has 3 aromatic rings. The first-order valence-electron chi connectivity index (χ1n) is 11.3. The van der Waals surface area contributed by atoms with Crippen LogP contribution in [-0.2, 0) is 17.8 Å². The maximum absolute atomic E-state index is 5.94. The molecule has 1 saturated heterocycles. The highest BCUT2D eigenvalue weighted by Crippen LogP contribution is 2.20. The summed E-state index contributed by atoms with van der Waals surface area (Å²) >= 11 is 0. The molecule has 4 rings (SSSR count). The van der Waals surface area contributed by atoms with Gasteiger partial charge in [0, 0.05) is 44.6 Å². The number of hydrogen-bond donors (Lipinski definition) is 1. The second kappa shape index (κ2) is 12.7. The Morgan fingerprint density at radius 1 is 1.18 bits per heavy atom. The SMILES string of the molecule is CN=C(NCCc1coc(-c2ccc(C)cc2)n1)N1CCC(COCc2ccccc2)C1.I. The molecule has 1 aliphatic heterocycles. The number of benzene rings is 2. The number of oxazole rings is 1. The minimum absolute atomic E-state index is 0. The van der Waals surface area contributed by atoms with Crippen molar-refractivity contribution in [2.24, 2.45) is 10.9 Å². The fourth-order valence-corrected chi connectivity index (χ4v) is 3.96. The third kappa shape index (κ3) is 7.30. The Hall–Kier alpha value is -2.39. The van der Waals surface area contributed by atoms with E-state index < -0.39 is 0 Å². The van der Waals surface area contributed by atoms with Gasteiger partial charge in [-0.15, -0.1) is 24.0 Å². The van der Waals surface area contributed by atoms with Crippen LogP contribution in [0.4, 0.5) is 0 Å². The van der Waals surface area contributed by atoms with Crippen LogP contribution in [0.15, 0.2) is 70.3 Å². The molecule has 0 radical (unpaired) electrons. The van der Waals surface area contributed by atoms with E-state index in [9.17, 15) is 0 Å². The molecular weight excluding hydrogens is 527 g/mol. The smallest absolute Gasteiger partial charge is 0.226 e. The minimum Gasteiger partial charge on any atom is -0.444 e. The summed E-state index contributed by atoms with van der Waals surface area (Å²) in [5.74, 6) is 2.14. The number of likely N-dealkylation sites (tertiary alicyclic amines) is 1. The summed E-state index contributed by atoms with van der Waals surface area (Å²) in [6.45, 7) is 6.26. The van der Waals surface area contributed by atoms with Crippen molar-refractivity contribution in [3.63, 3.8) is 0 Å². The lowest BCUT2D eigenvalue weighted by atomic mass is 10.1. The second-order valence-corrected chi connectivity index (χ2v) is 8.34. The van der Waals surface area contributed by atoms with Gasteiger partial charge >= 0.3 is 0 Å². The number of ether oxygens (including phenoxy) is 1. The van der Waals surface area contributed by atoms with Gasteiger partial charge in [-0.1, -0.05) is 48.0 Å². The molecule has 1 N–H and O–H groups in total. The molecule has 0 aliphatic carbocycles. The van der Waals surface area contributed by atoms with Crippen molar-refractivity contribution in [3.8, 4) is 11.5 Å². The van der Waals surface area contributed by atoms with E-state index in [-0.39, 0.29) is 24.0 Å². The zero-order valence-corrected chi connectivity index (χ0v) is 21.7. The number of aromatic nitrogens is 1. The largest absolute Gasteiger partial charge is 0.444 e. The maximum atomic E-state index is 5.94. The van der Waals surface area contributed by atoms with E-state index in [4.69, 9.17) is 9.15 Å². The van der Waals surface area contributed by atoms with E-state index in [2.05, 4.69) is 51.4 Å². The Balaban J connectivity index is 0.00000306. The molecule has 7 heteroatoms. The number of hydrogen-bond acceptors (Lipinski definition) is 4. The number of nitrogens with zero attached hydrogens (tertiary/aromatic N) is 3. The fourth-order valence-electron chi connectivity index (χ4n) is 3.96. The molecule has 0 saturated carbocycles. The summed E-state index contributed by atoms with van der Waals surface area (Å²) in [6.07, 6.45) is 3.65. The second-order valence-electron chi connectivity index (χ2n) is 8.34. The monoisotopic (exact) mass is 560 g/mol. The first-order chi connectivity index (χ1) is 15.7. The first kappa shape index (κ1) is 25.2. The van der Waals surface area contributed by atoms with Crippen LogP contribution in [0.3, 0.4) is 0 Å². The van der Waals surface area contributed by atoms with E-state index >= 15 is 0 Å². The van der Waals surface area contributed by atoms with Gasteiger partial charge < -0.3 is 19.4 Å². The molecule has 1 fully saturated rings. The van der Waals surface area contributed by atoms with Gasteiger partial charge in [-0.3, -0.25) is 4.99 Å². The molecule has 0 bridgehead atoms. The summed E-state index contributed by atoms with van der Waals surface area (Å²) in [4.78, 5) is 11.4. The molecule has 1 aliphatic rings. The lowest BCUT2D eigenvalue weighted by Crippen LogP contribution is -2.41. The van der Waals surface area contributed by atoms with Crippen molar-refractivity contribution >= 4 is 29.9 Å². The predicted octanol–water partition coefficient (Wildman–Crippen LogP) is 4.92. The molecular formula is C26H33IN4O2. The molecule has 1 unspecified atom stereocenters. The van der Waals surface area contributed by atoms with Crippen molar-refractivity contribution in [2.75, 3.05) is 33.3 Å². The fraction of sp³-hybridized carbons (Fsp3) is 0.385. The van der Waals surface area contributed by atoms with Crippen LogP contribution in [0.25, 0.3) is 11.5 Å². The Morgan fingerprint density at radius 3 is 2.73 bits per heavy atom. The van der Waals surface area contributed by atoms with Gasteiger partial charge in [-0.05, 0) is 31.0 Å². The molecule has 6 nitrogen and oxygen atoms in total. The number of halogens is 1. The molecule has 1 aromatic heterocycles. The molecule has 33 heavy (non-hydrogen) atoms. The number of nitrogens with one attached hydrogen (secondary N) is 1. The summed E-state index contributed by atoms with van der Waals surface area (Å²) in [7, 11) is 1.84. The highest BCUT2D eigenvalue weighted by Gasteiger charge is 2.25. The Labute approximate surface area is 213 Å². The number of aliphatic imine (C=N–C) groups is 1. The first-order valence-corrected chi connectivity index (χ1v) is 11.3. The van der Waals surface area contributed by atoms with Gasteiger partial charge in [-0.25, -0.2) is 4.98 Å². The van der Waals surface area contributed by atoms with Gasteiger partial charge in [0.2, 0.25) is 5.89 Å². The molecule has 2 aromatic carbocycles. The quantitative estimate of drug-likeness (QED) is 0.241. The van der Waals surface area contributed by atoms with Crippen LogP contribution in [0, 0.1) is 12.8 Å². The third-order valence-electron chi connectivity index (χ3n) is 5.78. The van der Waals surface area contributed by atoms with Crippen LogP contribution in [0.5, 0.6) is 0 Å². The summed E-state index contributed by atoms with van der Waals surface area (Å²) in [6, 6.07) is 18.6. The van der Waals surface area contributed by atoms with E-state index in [1.165, 1.54) is 11.1 Å². The van der Waals surface area contributed by atoms with Crippen LogP contribution < -0.4 is 5.32 Å². The number of aryl methyl sites for hydroxylation is 1. The molecule has 0 amide bonds. The van der Waals surface area contributed by atoms with Crippen molar-refractivity contribution in [1.82, 2.24) is 15.2 Å².